The Morgan fingerprint density at radius 2 is 0.769 bits per heavy atom. The van der Waals surface area contributed by atoms with Crippen molar-refractivity contribution in [1.29, 1.82) is 0 Å². The van der Waals surface area contributed by atoms with Crippen LogP contribution in [0.4, 0.5) is 5.69 Å². The molecule has 0 aliphatic rings. The largest absolute Gasteiger partial charge is 0.238 e. The summed E-state index contributed by atoms with van der Waals surface area (Å²) in [6.07, 6.45) is 0. The number of benzene rings is 8. The minimum atomic E-state index is 0.639. The molecule has 0 radical (unpaired) electrons. The van der Waals surface area contributed by atoms with Gasteiger partial charge >= 0.3 is 0 Å². The van der Waals surface area contributed by atoms with Crippen LogP contribution in [-0.2, 0) is 0 Å². The highest BCUT2D eigenvalue weighted by Crippen LogP contribution is 2.38. The third-order valence-electron chi connectivity index (χ3n) is 9.58. The van der Waals surface area contributed by atoms with E-state index in [1.807, 2.05) is 84.9 Å². The first-order valence-electron chi connectivity index (χ1n) is 17.2. The Labute approximate surface area is 302 Å². The van der Waals surface area contributed by atoms with Gasteiger partial charge in [0.2, 0.25) is 0 Å². The average Bonchev–Trinajstić information content (AvgIpc) is 3.23. The summed E-state index contributed by atoms with van der Waals surface area (Å²) in [5, 5.41) is 4.76. The number of hydrogen-bond acceptors (Lipinski definition) is 3. The van der Waals surface area contributed by atoms with Gasteiger partial charge < -0.3 is 0 Å². The lowest BCUT2D eigenvalue weighted by atomic mass is 9.90. The summed E-state index contributed by atoms with van der Waals surface area (Å²) in [6.45, 7) is 7.32. The van der Waals surface area contributed by atoms with Gasteiger partial charge in [0.05, 0.1) is 6.57 Å². The van der Waals surface area contributed by atoms with Crippen molar-refractivity contribution in [3.05, 3.63) is 193 Å². The van der Waals surface area contributed by atoms with Gasteiger partial charge in [-0.15, -0.1) is 0 Å². The standard InChI is InChI=1S/C48H30N4/c1-49-39-26-23-33(24-27-39)41-29-30-43(45-17-9-8-16-44(41)45)38-25-28-42-37(31-38)15-10-18-40(42)32-19-21-36(22-20-32)48-51-46(34-11-4-2-5-12-34)50-47(52-48)35-13-6-3-7-14-35/h2-31H. The average molecular weight is 663 g/mol. The van der Waals surface area contributed by atoms with E-state index in [0.717, 1.165) is 33.4 Å². The lowest BCUT2D eigenvalue weighted by molar-refractivity contribution is 1.07. The quantitative estimate of drug-likeness (QED) is 0.166. The number of hydrogen-bond donors (Lipinski definition) is 0. The summed E-state index contributed by atoms with van der Waals surface area (Å²) in [5.74, 6) is 1.94. The zero-order valence-corrected chi connectivity index (χ0v) is 28.1. The first kappa shape index (κ1) is 30.8. The molecule has 0 saturated carbocycles. The Morgan fingerprint density at radius 1 is 0.327 bits per heavy atom. The second-order valence-corrected chi connectivity index (χ2v) is 12.7. The van der Waals surface area contributed by atoms with Gasteiger partial charge in [0.1, 0.15) is 0 Å². The van der Waals surface area contributed by atoms with Crippen LogP contribution in [0.15, 0.2) is 182 Å². The van der Waals surface area contributed by atoms with Crippen molar-refractivity contribution in [1.82, 2.24) is 15.0 Å². The van der Waals surface area contributed by atoms with Gasteiger partial charge in [0.15, 0.2) is 23.2 Å². The fourth-order valence-electron chi connectivity index (χ4n) is 6.96. The van der Waals surface area contributed by atoms with Crippen LogP contribution in [-0.4, -0.2) is 15.0 Å². The van der Waals surface area contributed by atoms with Crippen LogP contribution >= 0.6 is 0 Å². The molecule has 8 aromatic carbocycles. The summed E-state index contributed by atoms with van der Waals surface area (Å²) in [4.78, 5) is 18.2. The summed E-state index contributed by atoms with van der Waals surface area (Å²) >= 11 is 0. The van der Waals surface area contributed by atoms with Gasteiger partial charge in [0.25, 0.3) is 0 Å². The molecule has 0 amide bonds. The molecule has 4 nitrogen and oxygen atoms in total. The monoisotopic (exact) mass is 662 g/mol. The minimum Gasteiger partial charge on any atom is -0.238 e. The minimum absolute atomic E-state index is 0.639. The summed E-state index contributed by atoms with van der Waals surface area (Å²) in [5.41, 5.74) is 10.4. The molecule has 4 heteroatoms. The zero-order valence-electron chi connectivity index (χ0n) is 28.1. The number of rotatable bonds is 6. The van der Waals surface area contributed by atoms with Crippen molar-refractivity contribution in [2.75, 3.05) is 0 Å². The van der Waals surface area contributed by atoms with E-state index in [0.29, 0.717) is 23.2 Å². The van der Waals surface area contributed by atoms with Crippen LogP contribution in [0.1, 0.15) is 0 Å². The van der Waals surface area contributed by atoms with Gasteiger partial charge in [-0.25, -0.2) is 19.8 Å². The third kappa shape index (κ3) is 5.77. The Hall–Kier alpha value is -7.22. The Kier molecular flexibility index (Phi) is 7.85. The first-order chi connectivity index (χ1) is 25.7. The van der Waals surface area contributed by atoms with E-state index in [4.69, 9.17) is 21.5 Å². The molecule has 9 rings (SSSR count). The van der Waals surface area contributed by atoms with Crippen LogP contribution in [0.3, 0.4) is 0 Å². The molecule has 0 saturated heterocycles. The van der Waals surface area contributed by atoms with E-state index in [1.54, 1.807) is 0 Å². The molecule has 0 fully saturated rings. The Bertz CT molecular complexity index is 2710. The molecule has 0 aliphatic carbocycles. The van der Waals surface area contributed by atoms with E-state index < -0.39 is 0 Å². The summed E-state index contributed by atoms with van der Waals surface area (Å²) < 4.78 is 0. The smallest absolute Gasteiger partial charge is 0.187 e. The second kappa shape index (κ2) is 13.2. The highest BCUT2D eigenvalue weighted by molar-refractivity contribution is 6.07. The van der Waals surface area contributed by atoms with Gasteiger partial charge in [-0.2, -0.15) is 0 Å². The van der Waals surface area contributed by atoms with Crippen molar-refractivity contribution in [2.45, 2.75) is 0 Å². The molecule has 0 aliphatic heterocycles. The van der Waals surface area contributed by atoms with Gasteiger partial charge in [-0.1, -0.05) is 176 Å². The van der Waals surface area contributed by atoms with E-state index in [2.05, 4.69) is 102 Å². The highest BCUT2D eigenvalue weighted by atomic mass is 15.0. The maximum absolute atomic E-state index is 7.32. The molecule has 1 heterocycles. The highest BCUT2D eigenvalue weighted by Gasteiger charge is 2.14. The fraction of sp³-hybridized carbons (Fsp3) is 0. The Morgan fingerprint density at radius 3 is 1.33 bits per heavy atom. The predicted molar refractivity (Wildman–Crippen MR) is 214 cm³/mol. The third-order valence-corrected chi connectivity index (χ3v) is 9.58. The summed E-state index contributed by atoms with van der Waals surface area (Å²) in [7, 11) is 0. The van der Waals surface area contributed by atoms with Crippen molar-refractivity contribution in [2.24, 2.45) is 0 Å². The van der Waals surface area contributed by atoms with Crippen LogP contribution < -0.4 is 0 Å². The van der Waals surface area contributed by atoms with Crippen molar-refractivity contribution in [3.8, 4) is 67.5 Å². The van der Waals surface area contributed by atoms with Gasteiger partial charge in [-0.3, -0.25) is 0 Å². The molecule has 9 aromatic rings. The molecule has 52 heavy (non-hydrogen) atoms. The molecular formula is C48H30N4. The summed E-state index contributed by atoms with van der Waals surface area (Å²) in [6, 6.07) is 62.7. The van der Waals surface area contributed by atoms with Crippen molar-refractivity contribution >= 4 is 27.2 Å². The molecule has 1 aromatic heterocycles. The molecule has 242 valence electrons. The first-order valence-corrected chi connectivity index (χ1v) is 17.2. The van der Waals surface area contributed by atoms with E-state index in [9.17, 15) is 0 Å². The molecule has 0 N–H and O–H groups in total. The zero-order chi connectivity index (χ0) is 34.9. The number of nitrogens with zero attached hydrogens (tertiary/aromatic N) is 4. The molecule has 0 atom stereocenters. The molecule has 0 bridgehead atoms. The molecular weight excluding hydrogens is 633 g/mol. The van der Waals surface area contributed by atoms with Crippen molar-refractivity contribution in [3.63, 3.8) is 0 Å². The second-order valence-electron chi connectivity index (χ2n) is 12.7. The maximum atomic E-state index is 7.32. The van der Waals surface area contributed by atoms with Gasteiger partial charge in [0, 0.05) is 16.7 Å². The van der Waals surface area contributed by atoms with Crippen LogP contribution in [0.25, 0.3) is 93.9 Å². The molecule has 0 unspecified atom stereocenters. The Balaban J connectivity index is 1.07. The fourth-order valence-corrected chi connectivity index (χ4v) is 6.96. The van der Waals surface area contributed by atoms with Crippen LogP contribution in [0, 0.1) is 6.57 Å². The van der Waals surface area contributed by atoms with E-state index in [-0.39, 0.29) is 0 Å². The molecule has 0 spiro atoms. The lowest BCUT2D eigenvalue weighted by Gasteiger charge is -2.14. The van der Waals surface area contributed by atoms with E-state index in [1.165, 1.54) is 38.2 Å². The SMILES string of the molecule is [C-]#[N+]c1ccc(-c2ccc(-c3ccc4c(-c5ccc(-c6nc(-c7ccccc7)nc(-c7ccccc7)n6)cc5)cccc4c3)c3ccccc23)cc1. The lowest BCUT2D eigenvalue weighted by Crippen LogP contribution is -2.00. The maximum Gasteiger partial charge on any atom is 0.187 e. The van der Waals surface area contributed by atoms with Crippen LogP contribution in [0.2, 0.25) is 0 Å². The van der Waals surface area contributed by atoms with Crippen molar-refractivity contribution < 1.29 is 0 Å². The van der Waals surface area contributed by atoms with Gasteiger partial charge in [-0.05, 0) is 61.0 Å². The number of fused-ring (bicyclic) bond motifs is 2. The van der Waals surface area contributed by atoms with Crippen LogP contribution in [0.5, 0.6) is 0 Å². The number of aromatic nitrogens is 3. The normalized spacial score (nSPS) is 11.1. The predicted octanol–water partition coefficient (Wildman–Crippen LogP) is 12.7. The van der Waals surface area contributed by atoms with E-state index >= 15 is 0 Å². The topological polar surface area (TPSA) is 43.0 Å².